The molecule has 0 saturated heterocycles. The number of rotatable bonds is 1. The van der Waals surface area contributed by atoms with E-state index in [0.717, 1.165) is 0 Å². The zero-order valence-electron chi connectivity index (χ0n) is 6.03. The molecule has 52 valence electrons. The molecule has 0 bridgehead atoms. The summed E-state index contributed by atoms with van der Waals surface area (Å²) in [5.74, 6) is 0. The monoisotopic (exact) mass is 132 g/mol. The summed E-state index contributed by atoms with van der Waals surface area (Å²) >= 11 is 0. The third-order valence-corrected chi connectivity index (χ3v) is 0.833. The van der Waals surface area contributed by atoms with Gasteiger partial charge in [-0.3, -0.25) is 0 Å². The van der Waals surface area contributed by atoms with Crippen molar-refractivity contribution < 1.29 is 0 Å². The highest BCUT2D eigenvalue weighted by molar-refractivity contribution is 4.99. The van der Waals surface area contributed by atoms with E-state index in [-0.39, 0.29) is 0 Å². The first-order chi connectivity index (χ1) is 4.91. The van der Waals surface area contributed by atoms with E-state index in [4.69, 9.17) is 0 Å². The summed E-state index contributed by atoms with van der Waals surface area (Å²) in [5.41, 5.74) is 0. The van der Waals surface area contributed by atoms with Crippen molar-refractivity contribution in [3.63, 3.8) is 0 Å². The lowest BCUT2D eigenvalue weighted by molar-refractivity contribution is 1.72. The van der Waals surface area contributed by atoms with Crippen LogP contribution in [-0.2, 0) is 0 Å². The number of allylic oxidation sites excluding steroid dienone is 2. The highest BCUT2D eigenvalue weighted by Crippen LogP contribution is 1.79. The predicted octanol–water partition coefficient (Wildman–Crippen LogP) is 3.05. The topological polar surface area (TPSA) is 0 Å². The minimum absolute atomic E-state index is 1.64. The molecule has 0 atom stereocenters. The third-order valence-electron chi connectivity index (χ3n) is 0.833. The Hall–Kier alpha value is -1.30. The first kappa shape index (κ1) is 8.70. The Balaban J connectivity index is 0.000000180. The molecule has 0 aliphatic carbocycles. The fourth-order valence-electron chi connectivity index (χ4n) is 0.385. The van der Waals surface area contributed by atoms with Gasteiger partial charge in [0.25, 0.3) is 0 Å². The second kappa shape index (κ2) is 7.70. The van der Waals surface area contributed by atoms with Gasteiger partial charge in [0.05, 0.1) is 0 Å². The van der Waals surface area contributed by atoms with Crippen molar-refractivity contribution in [2.24, 2.45) is 0 Å². The van der Waals surface area contributed by atoms with Crippen LogP contribution in [0.4, 0.5) is 0 Å². The maximum Gasteiger partial charge on any atom is -0.0623 e. The molecule has 0 aliphatic heterocycles. The number of benzene rings is 1. The molecule has 0 saturated carbocycles. The van der Waals surface area contributed by atoms with E-state index in [1.807, 2.05) is 36.4 Å². The average Bonchev–Trinajstić information content (AvgIpc) is 2.08. The fourth-order valence-corrected chi connectivity index (χ4v) is 0.385. The fraction of sp³-hybridized carbons (Fsp3) is 0. The molecular weight excluding hydrogens is 120 g/mol. The molecule has 1 aromatic rings. The van der Waals surface area contributed by atoms with E-state index < -0.39 is 0 Å². The molecule has 0 aliphatic rings. The van der Waals surface area contributed by atoms with Crippen LogP contribution in [0, 0.1) is 0 Å². The lowest BCUT2D eigenvalue weighted by atomic mass is 10.4. The molecule has 1 rings (SSSR count). The normalized spacial score (nSPS) is 6.80. The molecular formula is C10H12. The Morgan fingerprint density at radius 3 is 0.900 bits per heavy atom. The average molecular weight is 132 g/mol. The molecule has 0 spiro atoms. The van der Waals surface area contributed by atoms with Crippen molar-refractivity contribution in [1.82, 2.24) is 0 Å². The van der Waals surface area contributed by atoms with Crippen LogP contribution in [0.15, 0.2) is 61.7 Å². The van der Waals surface area contributed by atoms with E-state index in [1.165, 1.54) is 0 Å². The van der Waals surface area contributed by atoms with Crippen molar-refractivity contribution in [3.8, 4) is 0 Å². The summed E-state index contributed by atoms with van der Waals surface area (Å²) in [6.45, 7) is 6.72. The predicted molar refractivity (Wildman–Crippen MR) is 46.8 cm³/mol. The van der Waals surface area contributed by atoms with Crippen LogP contribution in [0.1, 0.15) is 0 Å². The third kappa shape index (κ3) is 6.70. The van der Waals surface area contributed by atoms with Crippen LogP contribution in [0.3, 0.4) is 0 Å². The maximum absolute atomic E-state index is 3.36. The van der Waals surface area contributed by atoms with Crippen molar-refractivity contribution in [3.05, 3.63) is 61.7 Å². The molecule has 0 fully saturated rings. The molecule has 0 radical (unpaired) electrons. The van der Waals surface area contributed by atoms with Gasteiger partial charge in [-0.2, -0.15) is 0 Å². The molecule has 0 N–H and O–H groups in total. The lowest BCUT2D eigenvalue weighted by Crippen LogP contribution is -1.47. The van der Waals surface area contributed by atoms with Gasteiger partial charge in [0.15, 0.2) is 0 Å². The van der Waals surface area contributed by atoms with Crippen LogP contribution < -0.4 is 0 Å². The zero-order valence-corrected chi connectivity index (χ0v) is 6.03. The van der Waals surface area contributed by atoms with Gasteiger partial charge in [-0.1, -0.05) is 61.7 Å². The quantitative estimate of drug-likeness (QED) is 0.515. The minimum Gasteiger partial charge on any atom is -0.0991 e. The van der Waals surface area contributed by atoms with Crippen molar-refractivity contribution in [2.45, 2.75) is 0 Å². The molecule has 0 aromatic heterocycles. The summed E-state index contributed by atoms with van der Waals surface area (Å²) in [5, 5.41) is 0. The summed E-state index contributed by atoms with van der Waals surface area (Å²) in [7, 11) is 0. The molecule has 0 unspecified atom stereocenters. The van der Waals surface area contributed by atoms with Gasteiger partial charge in [0.2, 0.25) is 0 Å². The molecule has 10 heavy (non-hydrogen) atoms. The summed E-state index contributed by atoms with van der Waals surface area (Å²) in [6.07, 6.45) is 3.28. The zero-order chi connectivity index (χ0) is 7.66. The highest BCUT2D eigenvalue weighted by Gasteiger charge is 1.57. The van der Waals surface area contributed by atoms with Crippen LogP contribution in [0.25, 0.3) is 0 Å². The van der Waals surface area contributed by atoms with Gasteiger partial charge in [0.1, 0.15) is 0 Å². The first-order valence-corrected chi connectivity index (χ1v) is 3.15. The SMILES string of the molecule is C=CC=C.c1ccccc1. The number of hydrogen-bond acceptors (Lipinski definition) is 0. The summed E-state index contributed by atoms with van der Waals surface area (Å²) < 4.78 is 0. The van der Waals surface area contributed by atoms with Crippen molar-refractivity contribution in [1.29, 1.82) is 0 Å². The highest BCUT2D eigenvalue weighted by atomic mass is 13.6. The van der Waals surface area contributed by atoms with Gasteiger partial charge >= 0.3 is 0 Å². The Morgan fingerprint density at radius 2 is 0.800 bits per heavy atom. The molecule has 0 heterocycles. The molecule has 0 nitrogen and oxygen atoms in total. The molecule has 1 aromatic carbocycles. The van der Waals surface area contributed by atoms with E-state index in [2.05, 4.69) is 13.2 Å². The Labute approximate surface area is 62.5 Å². The van der Waals surface area contributed by atoms with Crippen LogP contribution in [-0.4, -0.2) is 0 Å². The first-order valence-electron chi connectivity index (χ1n) is 3.15. The Kier molecular flexibility index (Phi) is 6.70. The lowest BCUT2D eigenvalue weighted by Gasteiger charge is -1.69. The largest absolute Gasteiger partial charge is 0.0991 e. The second-order valence-corrected chi connectivity index (χ2v) is 1.63. The van der Waals surface area contributed by atoms with E-state index in [9.17, 15) is 0 Å². The minimum atomic E-state index is 1.64. The second-order valence-electron chi connectivity index (χ2n) is 1.63. The van der Waals surface area contributed by atoms with Crippen LogP contribution in [0.2, 0.25) is 0 Å². The maximum atomic E-state index is 3.36. The number of hydrogen-bond donors (Lipinski definition) is 0. The summed E-state index contributed by atoms with van der Waals surface area (Å²) in [4.78, 5) is 0. The molecule has 0 amide bonds. The van der Waals surface area contributed by atoms with Gasteiger partial charge in [-0.15, -0.1) is 0 Å². The smallest absolute Gasteiger partial charge is 0.0623 e. The van der Waals surface area contributed by atoms with E-state index >= 15 is 0 Å². The Morgan fingerprint density at radius 1 is 0.600 bits per heavy atom. The van der Waals surface area contributed by atoms with Gasteiger partial charge in [-0.25, -0.2) is 0 Å². The molecule has 0 heteroatoms. The van der Waals surface area contributed by atoms with Gasteiger partial charge in [0, 0.05) is 0 Å². The van der Waals surface area contributed by atoms with Gasteiger partial charge in [-0.05, 0) is 0 Å². The van der Waals surface area contributed by atoms with Crippen LogP contribution >= 0.6 is 0 Å². The van der Waals surface area contributed by atoms with Gasteiger partial charge < -0.3 is 0 Å². The van der Waals surface area contributed by atoms with Crippen molar-refractivity contribution >= 4 is 0 Å². The Bertz CT molecular complexity index is 130. The van der Waals surface area contributed by atoms with E-state index in [0.29, 0.717) is 0 Å². The van der Waals surface area contributed by atoms with E-state index in [1.54, 1.807) is 12.2 Å². The van der Waals surface area contributed by atoms with Crippen LogP contribution in [0.5, 0.6) is 0 Å². The standard InChI is InChI=1S/C6H6.C4H6/c1-2-4-6-5-3-1;1-3-4-2/h1-6H;3-4H,1-2H2. The van der Waals surface area contributed by atoms with Crippen molar-refractivity contribution in [2.75, 3.05) is 0 Å². The summed E-state index contributed by atoms with van der Waals surface area (Å²) in [6, 6.07) is 12.0.